The lowest BCUT2D eigenvalue weighted by Crippen LogP contribution is -2.32. The highest BCUT2D eigenvalue weighted by atomic mass is 32.2. The van der Waals surface area contributed by atoms with E-state index in [1.807, 2.05) is 22.9 Å². The molecule has 2 aromatic rings. The maximum Gasteiger partial charge on any atom is 0.210 e. The van der Waals surface area contributed by atoms with Crippen molar-refractivity contribution in [2.45, 2.75) is 67.1 Å². The third-order valence-electron chi connectivity index (χ3n) is 5.64. The van der Waals surface area contributed by atoms with Crippen molar-refractivity contribution in [3.05, 3.63) is 35.9 Å². The zero-order chi connectivity index (χ0) is 18.1. The van der Waals surface area contributed by atoms with Crippen LogP contribution in [0.1, 0.15) is 37.3 Å². The van der Waals surface area contributed by atoms with Gasteiger partial charge in [0.25, 0.3) is 0 Å². The quantitative estimate of drug-likeness (QED) is 0.753. The summed E-state index contributed by atoms with van der Waals surface area (Å²) >= 11 is 1.80. The SMILES string of the molecule is c1ccc(COC2COC3C2OCC3n2nnnc2SC2CCCC2)cc1. The van der Waals surface area contributed by atoms with E-state index in [1.54, 1.807) is 11.8 Å². The maximum absolute atomic E-state index is 6.09. The molecule has 1 aliphatic carbocycles. The third kappa shape index (κ3) is 3.63. The minimum absolute atomic E-state index is 0.0132. The summed E-state index contributed by atoms with van der Waals surface area (Å²) in [4.78, 5) is 0. The summed E-state index contributed by atoms with van der Waals surface area (Å²) in [5.74, 6) is 0. The molecule has 0 spiro atoms. The number of aromatic nitrogens is 4. The molecule has 3 fully saturated rings. The van der Waals surface area contributed by atoms with Crippen LogP contribution in [0.15, 0.2) is 35.5 Å². The predicted molar refractivity (Wildman–Crippen MR) is 99.5 cm³/mol. The van der Waals surface area contributed by atoms with Crippen molar-refractivity contribution in [2.75, 3.05) is 13.2 Å². The molecule has 1 aromatic heterocycles. The van der Waals surface area contributed by atoms with Crippen LogP contribution in [0.25, 0.3) is 0 Å². The van der Waals surface area contributed by atoms with E-state index in [0.29, 0.717) is 25.1 Å². The summed E-state index contributed by atoms with van der Waals surface area (Å²) in [6.45, 7) is 1.68. The molecule has 4 unspecified atom stereocenters. The second-order valence-corrected chi connectivity index (χ2v) is 8.70. The maximum atomic E-state index is 6.09. The second-order valence-electron chi connectivity index (χ2n) is 7.43. The minimum atomic E-state index is -0.0627. The molecule has 3 heterocycles. The molecule has 8 heteroatoms. The molecule has 2 aliphatic heterocycles. The average Bonchev–Trinajstić information content (AvgIpc) is 3.47. The monoisotopic (exact) mass is 388 g/mol. The van der Waals surface area contributed by atoms with Crippen molar-refractivity contribution >= 4 is 11.8 Å². The molecule has 5 rings (SSSR count). The molecule has 0 bridgehead atoms. The van der Waals surface area contributed by atoms with Crippen molar-refractivity contribution in [2.24, 2.45) is 0 Å². The Kier molecular flexibility index (Phi) is 5.13. The molecule has 0 N–H and O–H groups in total. The van der Waals surface area contributed by atoms with Gasteiger partial charge in [0.1, 0.15) is 24.4 Å². The molecule has 0 amide bonds. The number of benzene rings is 1. The van der Waals surface area contributed by atoms with Gasteiger partial charge in [0.2, 0.25) is 5.16 Å². The molecular weight excluding hydrogens is 364 g/mol. The van der Waals surface area contributed by atoms with Crippen LogP contribution in [0.3, 0.4) is 0 Å². The van der Waals surface area contributed by atoms with E-state index in [0.717, 1.165) is 10.7 Å². The van der Waals surface area contributed by atoms with Crippen LogP contribution >= 0.6 is 11.8 Å². The Morgan fingerprint density at radius 3 is 2.74 bits per heavy atom. The summed E-state index contributed by atoms with van der Waals surface area (Å²) in [5.41, 5.74) is 1.16. The highest BCUT2D eigenvalue weighted by Crippen LogP contribution is 2.39. The third-order valence-corrected chi connectivity index (χ3v) is 6.92. The fourth-order valence-corrected chi connectivity index (χ4v) is 5.43. The summed E-state index contributed by atoms with van der Waals surface area (Å²) in [5, 5.41) is 13.9. The first-order chi connectivity index (χ1) is 13.4. The van der Waals surface area contributed by atoms with E-state index in [2.05, 4.69) is 27.7 Å². The van der Waals surface area contributed by atoms with E-state index in [1.165, 1.54) is 25.7 Å². The Hall–Kier alpha value is -1.48. The van der Waals surface area contributed by atoms with E-state index >= 15 is 0 Å². The van der Waals surface area contributed by atoms with Crippen molar-refractivity contribution in [3.63, 3.8) is 0 Å². The molecule has 0 radical (unpaired) electrons. The van der Waals surface area contributed by atoms with Gasteiger partial charge >= 0.3 is 0 Å². The van der Waals surface area contributed by atoms with Gasteiger partial charge < -0.3 is 14.2 Å². The Balaban J connectivity index is 1.23. The highest BCUT2D eigenvalue weighted by Gasteiger charge is 2.50. The molecule has 7 nitrogen and oxygen atoms in total. The van der Waals surface area contributed by atoms with Crippen molar-refractivity contribution in [1.29, 1.82) is 0 Å². The predicted octanol–water partition coefficient (Wildman–Crippen LogP) is 2.63. The number of hydrogen-bond donors (Lipinski definition) is 0. The Morgan fingerprint density at radius 2 is 1.89 bits per heavy atom. The van der Waals surface area contributed by atoms with Gasteiger partial charge in [-0.25, -0.2) is 4.68 Å². The zero-order valence-electron chi connectivity index (χ0n) is 15.1. The van der Waals surface area contributed by atoms with Crippen LogP contribution < -0.4 is 0 Å². The number of tetrazole rings is 1. The molecule has 144 valence electrons. The first kappa shape index (κ1) is 17.6. The van der Waals surface area contributed by atoms with Gasteiger partial charge in [0, 0.05) is 5.25 Å². The van der Waals surface area contributed by atoms with Crippen molar-refractivity contribution in [3.8, 4) is 0 Å². The van der Waals surface area contributed by atoms with Gasteiger partial charge in [-0.2, -0.15) is 0 Å². The van der Waals surface area contributed by atoms with E-state index in [-0.39, 0.29) is 24.4 Å². The first-order valence-corrected chi connectivity index (χ1v) is 10.6. The van der Waals surface area contributed by atoms with Crippen molar-refractivity contribution in [1.82, 2.24) is 20.2 Å². The molecule has 27 heavy (non-hydrogen) atoms. The number of hydrogen-bond acceptors (Lipinski definition) is 7. The van der Waals surface area contributed by atoms with Gasteiger partial charge in [-0.3, -0.25) is 0 Å². The van der Waals surface area contributed by atoms with Gasteiger partial charge in [-0.15, -0.1) is 5.10 Å². The van der Waals surface area contributed by atoms with Crippen LogP contribution in [-0.2, 0) is 20.8 Å². The van der Waals surface area contributed by atoms with Crippen molar-refractivity contribution < 1.29 is 14.2 Å². The topological polar surface area (TPSA) is 71.3 Å². The molecule has 2 saturated heterocycles. The lowest BCUT2D eigenvalue weighted by atomic mass is 10.1. The normalized spacial score (nSPS) is 30.8. The van der Waals surface area contributed by atoms with Crippen LogP contribution in [0, 0.1) is 0 Å². The molecule has 1 saturated carbocycles. The molecular formula is C19H24N4O3S. The van der Waals surface area contributed by atoms with Crippen LogP contribution in [0.4, 0.5) is 0 Å². The number of nitrogens with zero attached hydrogens (tertiary/aromatic N) is 4. The summed E-state index contributed by atoms with van der Waals surface area (Å²) in [6.07, 6.45) is 4.93. The fourth-order valence-electron chi connectivity index (χ4n) is 4.20. The van der Waals surface area contributed by atoms with Crippen LogP contribution in [0.5, 0.6) is 0 Å². The highest BCUT2D eigenvalue weighted by molar-refractivity contribution is 7.99. The largest absolute Gasteiger partial charge is 0.370 e. The lowest BCUT2D eigenvalue weighted by Gasteiger charge is -2.18. The van der Waals surface area contributed by atoms with Gasteiger partial charge in [-0.05, 0) is 28.8 Å². The first-order valence-electron chi connectivity index (χ1n) is 9.72. The summed E-state index contributed by atoms with van der Waals surface area (Å²) in [6, 6.07) is 10.2. The lowest BCUT2D eigenvalue weighted by molar-refractivity contribution is -0.0401. The van der Waals surface area contributed by atoms with Gasteiger partial charge in [0.15, 0.2) is 0 Å². The molecule has 3 aliphatic rings. The van der Waals surface area contributed by atoms with Gasteiger partial charge in [0.05, 0.1) is 19.8 Å². The fraction of sp³-hybridized carbons (Fsp3) is 0.632. The van der Waals surface area contributed by atoms with Crippen LogP contribution in [-0.4, -0.2) is 57.0 Å². The average molecular weight is 388 g/mol. The smallest absolute Gasteiger partial charge is 0.210 e. The summed E-state index contributed by atoms with van der Waals surface area (Å²) < 4.78 is 20.1. The zero-order valence-corrected chi connectivity index (χ0v) is 16.0. The number of thioether (sulfide) groups is 1. The number of ether oxygens (including phenoxy) is 3. The standard InChI is InChI=1S/C19H24N4O3S/c1-2-6-13(7-3-1)10-24-16-12-26-17-15(11-25-18(16)17)23-19(20-21-22-23)27-14-8-4-5-9-14/h1-3,6-7,14-18H,4-5,8-12H2. The molecule has 4 atom stereocenters. The second kappa shape index (κ2) is 7.87. The number of fused-ring (bicyclic) bond motifs is 1. The van der Waals surface area contributed by atoms with Crippen LogP contribution in [0.2, 0.25) is 0 Å². The minimum Gasteiger partial charge on any atom is -0.370 e. The Labute approximate surface area is 162 Å². The van der Waals surface area contributed by atoms with E-state index < -0.39 is 0 Å². The Morgan fingerprint density at radius 1 is 1.07 bits per heavy atom. The molecule has 1 aromatic carbocycles. The van der Waals surface area contributed by atoms with E-state index in [4.69, 9.17) is 14.2 Å². The van der Waals surface area contributed by atoms with E-state index in [9.17, 15) is 0 Å². The summed E-state index contributed by atoms with van der Waals surface area (Å²) in [7, 11) is 0. The Bertz CT molecular complexity index is 752. The van der Waals surface area contributed by atoms with Gasteiger partial charge in [-0.1, -0.05) is 54.9 Å². The number of rotatable bonds is 6.